The van der Waals surface area contributed by atoms with Crippen LogP contribution in [0.5, 0.6) is 0 Å². The Morgan fingerprint density at radius 3 is 1.01 bits per heavy atom. The molecule has 0 N–H and O–H groups in total. The Bertz CT molecular complexity index is 5690. The zero-order chi connectivity index (χ0) is 64.7. The summed E-state index contributed by atoms with van der Waals surface area (Å²) in [6.07, 6.45) is 6.93. The van der Waals surface area contributed by atoms with Crippen LogP contribution in [-0.2, 0) is 21.7 Å². The van der Waals surface area contributed by atoms with E-state index in [0.717, 1.165) is 47.0 Å². The molecule has 0 fully saturated rings. The van der Waals surface area contributed by atoms with E-state index in [0.29, 0.717) is 0 Å². The second kappa shape index (κ2) is 20.4. The van der Waals surface area contributed by atoms with Crippen molar-refractivity contribution in [2.45, 2.75) is 89.9 Å². The number of rotatable bonds is 8. The minimum atomic E-state index is -0.196. The Kier molecular flexibility index (Phi) is 12.0. The van der Waals surface area contributed by atoms with E-state index < -0.39 is 0 Å². The number of anilines is 6. The molecule has 0 saturated heterocycles. The average Bonchev–Trinajstić information content (AvgIpc) is 1.65. The number of nitrogens with zero attached hydrogens (tertiary/aromatic N) is 2. The van der Waals surface area contributed by atoms with E-state index in [2.05, 4.69) is 344 Å². The predicted octanol–water partition coefficient (Wildman–Crippen LogP) is 25.9. The van der Waals surface area contributed by atoms with Gasteiger partial charge in [-0.2, -0.15) is 0 Å². The van der Waals surface area contributed by atoms with Crippen LogP contribution in [0.4, 0.5) is 34.1 Å². The van der Waals surface area contributed by atoms with Crippen LogP contribution in [0, 0.1) is 0 Å². The van der Waals surface area contributed by atoms with Crippen molar-refractivity contribution in [3.05, 3.63) is 329 Å². The molecule has 5 aliphatic rings. The SMILES string of the molecule is CC1(C)C2=C(C=CCC2)c2ccc(N(c3ccc4c(c3)C(C)(C)c3ccccc3-4)c3ccc4c(-c5ccc6ccccc6c5)c5cc(N(c6ccc7c(c6)C(C)(C)c6ccccc6-7)c6ccc7c(c6)C(C)(C)c6ccccc6-7)ccc5c(-c5ccc6ccccc6c5)c4c3)cc21. The summed E-state index contributed by atoms with van der Waals surface area (Å²) in [4.78, 5) is 5.12. The molecule has 2 heteroatoms. The highest BCUT2D eigenvalue weighted by molar-refractivity contribution is 6.23. The van der Waals surface area contributed by atoms with Gasteiger partial charge in [0.15, 0.2) is 0 Å². The van der Waals surface area contributed by atoms with Gasteiger partial charge in [0.05, 0.1) is 0 Å². The van der Waals surface area contributed by atoms with E-state index in [-0.39, 0.29) is 21.7 Å². The first-order valence-corrected chi connectivity index (χ1v) is 34.5. The molecule has 0 aromatic heterocycles. The van der Waals surface area contributed by atoms with Crippen LogP contribution < -0.4 is 9.80 Å². The van der Waals surface area contributed by atoms with Crippen LogP contribution in [0.25, 0.3) is 104 Å². The molecule has 0 bridgehead atoms. The van der Waals surface area contributed by atoms with E-state index in [4.69, 9.17) is 0 Å². The molecular formula is C94H74N2. The number of allylic oxidation sites excluding steroid dienone is 4. The smallest absolute Gasteiger partial charge is 0.0468 e. The third-order valence-corrected chi connectivity index (χ3v) is 23.3. The van der Waals surface area contributed by atoms with E-state index in [1.165, 1.54) is 149 Å². The zero-order valence-corrected chi connectivity index (χ0v) is 55.9. The van der Waals surface area contributed by atoms with Gasteiger partial charge in [-0.25, -0.2) is 0 Å². The lowest BCUT2D eigenvalue weighted by molar-refractivity contribution is 0.607. The molecule has 0 amide bonds. The van der Waals surface area contributed by atoms with Crippen molar-refractivity contribution < 1.29 is 0 Å². The number of benzene rings is 14. The second-order valence-electron chi connectivity index (χ2n) is 29.9. The van der Waals surface area contributed by atoms with Crippen molar-refractivity contribution in [3.8, 4) is 55.6 Å². The van der Waals surface area contributed by atoms with Crippen molar-refractivity contribution in [2.24, 2.45) is 0 Å². The minimum absolute atomic E-state index is 0.112. The molecule has 460 valence electrons. The van der Waals surface area contributed by atoms with Gasteiger partial charge in [-0.15, -0.1) is 0 Å². The highest BCUT2D eigenvalue weighted by Gasteiger charge is 2.41. The van der Waals surface area contributed by atoms with Crippen LogP contribution in [-0.4, -0.2) is 0 Å². The van der Waals surface area contributed by atoms with Gasteiger partial charge in [0, 0.05) is 55.8 Å². The van der Waals surface area contributed by atoms with Crippen LogP contribution in [0.3, 0.4) is 0 Å². The van der Waals surface area contributed by atoms with Crippen molar-refractivity contribution in [1.82, 2.24) is 0 Å². The van der Waals surface area contributed by atoms with Gasteiger partial charge in [0.2, 0.25) is 0 Å². The molecule has 0 atom stereocenters. The maximum atomic E-state index is 2.57. The first-order valence-electron chi connectivity index (χ1n) is 34.5. The van der Waals surface area contributed by atoms with Crippen molar-refractivity contribution in [1.29, 1.82) is 0 Å². The number of fused-ring (bicyclic) bond motifs is 15. The van der Waals surface area contributed by atoms with Crippen LogP contribution in [0.2, 0.25) is 0 Å². The molecule has 14 aromatic rings. The monoisotopic (exact) mass is 1230 g/mol. The van der Waals surface area contributed by atoms with Gasteiger partial charge >= 0.3 is 0 Å². The van der Waals surface area contributed by atoms with Crippen LogP contribution in [0.1, 0.15) is 113 Å². The zero-order valence-electron chi connectivity index (χ0n) is 55.9. The van der Waals surface area contributed by atoms with E-state index in [1.54, 1.807) is 5.57 Å². The lowest BCUT2D eigenvalue weighted by atomic mass is 9.78. The Morgan fingerprint density at radius 1 is 0.260 bits per heavy atom. The summed E-state index contributed by atoms with van der Waals surface area (Å²) in [6.45, 7) is 19.3. The second-order valence-corrected chi connectivity index (χ2v) is 29.9. The Morgan fingerprint density at radius 2 is 0.594 bits per heavy atom. The Balaban J connectivity index is 0.889. The van der Waals surface area contributed by atoms with Gasteiger partial charge in [-0.1, -0.05) is 255 Å². The molecule has 0 radical (unpaired) electrons. The van der Waals surface area contributed by atoms with E-state index in [9.17, 15) is 0 Å². The summed E-state index contributed by atoms with van der Waals surface area (Å²) in [5.74, 6) is 0. The summed E-state index contributed by atoms with van der Waals surface area (Å²) in [5, 5.41) is 9.67. The molecular weight excluding hydrogens is 1160 g/mol. The number of hydrogen-bond acceptors (Lipinski definition) is 2. The van der Waals surface area contributed by atoms with Gasteiger partial charge in [0.1, 0.15) is 0 Å². The molecule has 2 nitrogen and oxygen atoms in total. The maximum absolute atomic E-state index is 2.57. The fourth-order valence-corrected chi connectivity index (χ4v) is 18.3. The quantitative estimate of drug-likeness (QED) is 0.140. The summed E-state index contributed by atoms with van der Waals surface area (Å²) in [5.41, 5.74) is 32.7. The van der Waals surface area contributed by atoms with Gasteiger partial charge < -0.3 is 9.80 Å². The highest BCUT2D eigenvalue weighted by atomic mass is 15.1. The van der Waals surface area contributed by atoms with E-state index in [1.807, 2.05) is 0 Å². The fraction of sp³-hybridized carbons (Fsp3) is 0.149. The summed E-state index contributed by atoms with van der Waals surface area (Å²) < 4.78 is 0. The van der Waals surface area contributed by atoms with Gasteiger partial charge in [0.25, 0.3) is 0 Å². The molecule has 14 aromatic carbocycles. The van der Waals surface area contributed by atoms with Crippen molar-refractivity contribution in [2.75, 3.05) is 9.80 Å². The van der Waals surface area contributed by atoms with Crippen LogP contribution in [0.15, 0.2) is 285 Å². The Hall–Kier alpha value is -10.8. The first kappa shape index (κ1) is 56.7. The molecule has 19 rings (SSSR count). The summed E-state index contributed by atoms with van der Waals surface area (Å²) >= 11 is 0. The molecule has 0 heterocycles. The summed E-state index contributed by atoms with van der Waals surface area (Å²) in [7, 11) is 0. The number of hydrogen-bond donors (Lipinski definition) is 0. The predicted molar refractivity (Wildman–Crippen MR) is 408 cm³/mol. The first-order chi connectivity index (χ1) is 46.6. The molecule has 0 unspecified atom stereocenters. The topological polar surface area (TPSA) is 6.48 Å². The van der Waals surface area contributed by atoms with Crippen molar-refractivity contribution in [3.63, 3.8) is 0 Å². The average molecular weight is 1230 g/mol. The molecule has 5 aliphatic carbocycles. The lowest BCUT2D eigenvalue weighted by Gasteiger charge is -2.31. The minimum Gasteiger partial charge on any atom is -0.310 e. The normalized spacial score (nSPS) is 15.9. The summed E-state index contributed by atoms with van der Waals surface area (Å²) in [6, 6.07) is 103. The van der Waals surface area contributed by atoms with Gasteiger partial charge in [-0.05, 0) is 247 Å². The highest BCUT2D eigenvalue weighted by Crippen LogP contribution is 2.58. The largest absolute Gasteiger partial charge is 0.310 e. The third-order valence-electron chi connectivity index (χ3n) is 23.3. The standard InChI is InChI=1S/C94H74N2/c1-91(2)81-29-17-13-25-69(81)73-43-37-65(53-85(73)91)95(66-38-44-74-70-26-14-18-30-82(70)92(3,4)86(74)54-66)63-41-47-77-79(51-63)89(61-35-33-57-21-9-11-23-59(57)49-61)78-48-42-64(52-80(78)90(77)62-36-34-58-22-10-12-24-60(58)50-62)96(67-39-45-75-71-27-15-19-31-83(71)93(5,6)87(75)55-67)68-40-46-76-72-28-16-20-32-84(72)94(7,8)88(76)56-68/h9-19,21-31,33-56H,20,32H2,1-8H3. The maximum Gasteiger partial charge on any atom is 0.0468 e. The third kappa shape index (κ3) is 8.12. The van der Waals surface area contributed by atoms with Crippen LogP contribution >= 0.6 is 0 Å². The van der Waals surface area contributed by atoms with Crippen molar-refractivity contribution >= 4 is 82.8 Å². The Labute approximate surface area is 563 Å². The van der Waals surface area contributed by atoms with E-state index >= 15 is 0 Å². The van der Waals surface area contributed by atoms with Gasteiger partial charge in [-0.3, -0.25) is 0 Å². The lowest BCUT2D eigenvalue weighted by Crippen LogP contribution is -2.19. The molecule has 0 spiro atoms. The molecule has 0 aliphatic heterocycles. The molecule has 0 saturated carbocycles. The fourth-order valence-electron chi connectivity index (χ4n) is 18.3. The molecule has 96 heavy (non-hydrogen) atoms.